The van der Waals surface area contributed by atoms with E-state index in [4.69, 9.17) is 0 Å². The Morgan fingerprint density at radius 1 is 0.625 bits per heavy atom. The van der Waals surface area contributed by atoms with Crippen LogP contribution < -0.4 is 0 Å². The maximum atomic E-state index is 11.4. The van der Waals surface area contributed by atoms with Crippen LogP contribution in [0.4, 0.5) is 0 Å². The smallest absolute Gasteiger partial charge is 0.108 e. The first-order chi connectivity index (χ1) is 11.7. The van der Waals surface area contributed by atoms with Crippen LogP contribution in [-0.2, 0) is 12.8 Å². The zero-order chi connectivity index (χ0) is 16.8. The minimum Gasteiger partial charge on any atom is -0.386 e. The summed E-state index contributed by atoms with van der Waals surface area (Å²) in [5.74, 6) is 0. The van der Waals surface area contributed by atoms with E-state index in [1.54, 1.807) is 0 Å². The molecule has 0 spiro atoms. The van der Waals surface area contributed by atoms with Gasteiger partial charge in [-0.15, -0.1) is 0 Å². The Morgan fingerprint density at radius 2 is 1.00 bits per heavy atom. The van der Waals surface area contributed by atoms with Crippen LogP contribution in [0.2, 0.25) is 0 Å². The first-order valence-electron chi connectivity index (χ1n) is 8.21. The molecule has 0 saturated carbocycles. The maximum absolute atomic E-state index is 11.4. The van der Waals surface area contributed by atoms with Gasteiger partial charge in [0.25, 0.3) is 0 Å². The van der Waals surface area contributed by atoms with Crippen LogP contribution in [0, 0.1) is 0 Å². The van der Waals surface area contributed by atoms with Crippen molar-refractivity contribution in [3.63, 3.8) is 0 Å². The summed E-state index contributed by atoms with van der Waals surface area (Å²) in [4.78, 5) is 0. The van der Waals surface area contributed by atoms with Crippen molar-refractivity contribution in [1.82, 2.24) is 0 Å². The van der Waals surface area contributed by atoms with E-state index in [2.05, 4.69) is 0 Å². The molecular formula is C22H22O2. The molecule has 0 aliphatic heterocycles. The Kier molecular flexibility index (Phi) is 5.09. The van der Waals surface area contributed by atoms with Crippen molar-refractivity contribution >= 4 is 0 Å². The molecule has 2 N–H and O–H groups in total. The lowest BCUT2D eigenvalue weighted by molar-refractivity contribution is -0.0765. The predicted octanol–water partition coefficient (Wildman–Crippen LogP) is 3.94. The number of rotatable bonds is 6. The fraction of sp³-hybridized carbons (Fsp3) is 0.182. The Bertz CT molecular complexity index is 697. The zero-order valence-corrected chi connectivity index (χ0v) is 13.5. The quantitative estimate of drug-likeness (QED) is 0.723. The highest BCUT2D eigenvalue weighted by Gasteiger charge is 2.37. The van der Waals surface area contributed by atoms with Crippen molar-refractivity contribution in [2.45, 2.75) is 24.5 Å². The highest BCUT2D eigenvalue weighted by Crippen LogP contribution is 2.32. The Labute approximate surface area is 143 Å². The molecule has 0 amide bonds. The monoisotopic (exact) mass is 318 g/mol. The fourth-order valence-corrected chi connectivity index (χ4v) is 3.10. The van der Waals surface area contributed by atoms with Crippen LogP contribution in [0.25, 0.3) is 0 Å². The molecule has 0 bridgehead atoms. The summed E-state index contributed by atoms with van der Waals surface area (Å²) in [5, 5.41) is 22.3. The van der Waals surface area contributed by atoms with Gasteiger partial charge in [0.05, 0.1) is 0 Å². The van der Waals surface area contributed by atoms with Gasteiger partial charge >= 0.3 is 0 Å². The molecule has 3 aromatic rings. The normalized spacial score (nSPS) is 12.8. The van der Waals surface area contributed by atoms with E-state index in [0.717, 1.165) is 16.7 Å². The first-order valence-corrected chi connectivity index (χ1v) is 8.21. The minimum absolute atomic E-state index is 0.388. The summed E-state index contributed by atoms with van der Waals surface area (Å²) in [7, 11) is 0. The van der Waals surface area contributed by atoms with Crippen LogP contribution in [0.5, 0.6) is 0 Å². The third kappa shape index (κ3) is 3.91. The van der Waals surface area contributed by atoms with E-state index < -0.39 is 11.7 Å². The van der Waals surface area contributed by atoms with Gasteiger partial charge in [0.15, 0.2) is 0 Å². The van der Waals surface area contributed by atoms with Gasteiger partial charge in [0.1, 0.15) is 11.7 Å². The second-order valence-electron chi connectivity index (χ2n) is 6.24. The molecule has 0 fully saturated rings. The molecule has 0 heterocycles. The average Bonchev–Trinajstić information content (AvgIpc) is 2.63. The molecule has 2 heteroatoms. The topological polar surface area (TPSA) is 40.5 Å². The van der Waals surface area contributed by atoms with Gasteiger partial charge < -0.3 is 10.2 Å². The molecule has 1 atom stereocenters. The summed E-state index contributed by atoms with van der Waals surface area (Å²) in [6.07, 6.45) is -0.184. The SMILES string of the molecule is O[C@H](c1ccccc1)C(O)(Cc1ccccc1)Cc1ccccc1. The van der Waals surface area contributed by atoms with Gasteiger partial charge in [-0.05, 0) is 16.7 Å². The lowest BCUT2D eigenvalue weighted by Crippen LogP contribution is -2.41. The van der Waals surface area contributed by atoms with Crippen molar-refractivity contribution in [3.8, 4) is 0 Å². The van der Waals surface area contributed by atoms with E-state index in [9.17, 15) is 10.2 Å². The Hall–Kier alpha value is -2.42. The van der Waals surface area contributed by atoms with Crippen LogP contribution in [0.1, 0.15) is 22.8 Å². The second-order valence-corrected chi connectivity index (χ2v) is 6.24. The van der Waals surface area contributed by atoms with Crippen molar-refractivity contribution in [1.29, 1.82) is 0 Å². The van der Waals surface area contributed by atoms with Crippen molar-refractivity contribution in [3.05, 3.63) is 108 Å². The van der Waals surface area contributed by atoms with E-state index in [1.165, 1.54) is 0 Å². The molecule has 3 rings (SSSR count). The van der Waals surface area contributed by atoms with Gasteiger partial charge in [-0.2, -0.15) is 0 Å². The lowest BCUT2D eigenvalue weighted by atomic mass is 9.80. The third-order valence-corrected chi connectivity index (χ3v) is 4.33. The third-order valence-electron chi connectivity index (χ3n) is 4.33. The fourth-order valence-electron chi connectivity index (χ4n) is 3.10. The van der Waals surface area contributed by atoms with Gasteiger partial charge in [0, 0.05) is 12.8 Å². The van der Waals surface area contributed by atoms with Crippen molar-refractivity contribution in [2.24, 2.45) is 0 Å². The first kappa shape index (κ1) is 16.4. The predicted molar refractivity (Wildman–Crippen MR) is 96.6 cm³/mol. The van der Waals surface area contributed by atoms with Crippen molar-refractivity contribution in [2.75, 3.05) is 0 Å². The summed E-state index contributed by atoms with van der Waals surface area (Å²) < 4.78 is 0. The van der Waals surface area contributed by atoms with Crippen LogP contribution in [-0.4, -0.2) is 15.8 Å². The standard InChI is InChI=1S/C22H22O2/c23-21(20-14-8-3-9-15-20)22(24,16-18-10-4-1-5-11-18)17-19-12-6-2-7-13-19/h1-15,21,23-24H,16-17H2/t21-/m1/s1. The van der Waals surface area contributed by atoms with Crippen molar-refractivity contribution < 1.29 is 10.2 Å². The van der Waals surface area contributed by atoms with E-state index in [1.807, 2.05) is 91.0 Å². The molecule has 24 heavy (non-hydrogen) atoms. The molecule has 0 radical (unpaired) electrons. The number of hydrogen-bond acceptors (Lipinski definition) is 2. The molecule has 3 aromatic carbocycles. The number of aliphatic hydroxyl groups excluding tert-OH is 1. The average molecular weight is 318 g/mol. The second kappa shape index (κ2) is 7.43. The summed E-state index contributed by atoms with van der Waals surface area (Å²) >= 11 is 0. The van der Waals surface area contributed by atoms with E-state index in [-0.39, 0.29) is 0 Å². The van der Waals surface area contributed by atoms with E-state index >= 15 is 0 Å². The summed E-state index contributed by atoms with van der Waals surface area (Å²) in [6.45, 7) is 0. The molecule has 0 aromatic heterocycles. The van der Waals surface area contributed by atoms with Crippen LogP contribution >= 0.6 is 0 Å². The Balaban J connectivity index is 1.93. The van der Waals surface area contributed by atoms with Gasteiger partial charge in [-0.1, -0.05) is 91.0 Å². The molecule has 2 nitrogen and oxygen atoms in total. The molecular weight excluding hydrogens is 296 g/mol. The molecule has 0 saturated heterocycles. The summed E-state index contributed by atoms with van der Waals surface area (Å²) in [6, 6.07) is 29.0. The molecule has 122 valence electrons. The van der Waals surface area contributed by atoms with Gasteiger partial charge in [-0.3, -0.25) is 0 Å². The number of hydrogen-bond donors (Lipinski definition) is 2. The van der Waals surface area contributed by atoms with Crippen LogP contribution in [0.3, 0.4) is 0 Å². The van der Waals surface area contributed by atoms with Gasteiger partial charge in [-0.25, -0.2) is 0 Å². The van der Waals surface area contributed by atoms with E-state index in [0.29, 0.717) is 12.8 Å². The lowest BCUT2D eigenvalue weighted by Gasteiger charge is -2.34. The van der Waals surface area contributed by atoms with Gasteiger partial charge in [0.2, 0.25) is 0 Å². The summed E-state index contributed by atoms with van der Waals surface area (Å²) in [5.41, 5.74) is 1.47. The van der Waals surface area contributed by atoms with Crippen LogP contribution in [0.15, 0.2) is 91.0 Å². The minimum atomic E-state index is -1.27. The number of benzene rings is 3. The maximum Gasteiger partial charge on any atom is 0.108 e. The molecule has 0 unspecified atom stereocenters. The molecule has 0 aliphatic rings. The highest BCUT2D eigenvalue weighted by molar-refractivity contribution is 5.27. The largest absolute Gasteiger partial charge is 0.386 e. The highest BCUT2D eigenvalue weighted by atomic mass is 16.3. The molecule has 0 aliphatic carbocycles. The zero-order valence-electron chi connectivity index (χ0n) is 13.5. The number of aliphatic hydroxyl groups is 2. The Morgan fingerprint density at radius 3 is 1.42 bits per heavy atom.